The second-order valence-corrected chi connectivity index (χ2v) is 4.64. The zero-order chi connectivity index (χ0) is 9.52. The maximum absolute atomic E-state index is 3.46. The van der Waals surface area contributed by atoms with Crippen molar-refractivity contribution in [3.8, 4) is 0 Å². The lowest BCUT2D eigenvalue weighted by atomic mass is 10.1. The van der Waals surface area contributed by atoms with Gasteiger partial charge in [-0.15, -0.1) is 0 Å². The minimum atomic E-state index is 1.05. The Morgan fingerprint density at radius 2 is 1.62 bits per heavy atom. The monoisotopic (exact) mass is 304 g/mol. The Morgan fingerprint density at radius 1 is 0.923 bits per heavy atom. The molecule has 72 valence electrons. The topological polar surface area (TPSA) is 0 Å². The third-order valence-corrected chi connectivity index (χ3v) is 2.93. The third kappa shape index (κ3) is 4.28. The van der Waals surface area contributed by atoms with E-state index < -0.39 is 0 Å². The molecule has 0 nitrogen and oxygen atoms in total. The van der Waals surface area contributed by atoms with Gasteiger partial charge in [0.15, 0.2) is 0 Å². The van der Waals surface area contributed by atoms with Crippen molar-refractivity contribution >= 4 is 31.9 Å². The lowest BCUT2D eigenvalue weighted by Crippen LogP contribution is -1.90. The van der Waals surface area contributed by atoms with Crippen LogP contribution in [-0.4, -0.2) is 10.7 Å². The number of rotatable bonds is 5. The van der Waals surface area contributed by atoms with Crippen molar-refractivity contribution in [3.63, 3.8) is 0 Å². The van der Waals surface area contributed by atoms with Gasteiger partial charge in [-0.05, 0) is 30.4 Å². The van der Waals surface area contributed by atoms with Gasteiger partial charge in [-0.3, -0.25) is 0 Å². The number of benzene rings is 1. The molecular formula is C11H14Br2. The third-order valence-electron chi connectivity index (χ3n) is 1.97. The van der Waals surface area contributed by atoms with E-state index in [1.807, 2.05) is 0 Å². The van der Waals surface area contributed by atoms with Gasteiger partial charge in [0.05, 0.1) is 0 Å². The Morgan fingerprint density at radius 3 is 2.23 bits per heavy atom. The zero-order valence-electron chi connectivity index (χ0n) is 7.60. The zero-order valence-corrected chi connectivity index (χ0v) is 10.8. The molecule has 0 amide bonds. The van der Waals surface area contributed by atoms with Crippen LogP contribution >= 0.6 is 31.9 Å². The highest BCUT2D eigenvalue weighted by Gasteiger charge is 1.95. The Bertz CT molecular complexity index is 246. The van der Waals surface area contributed by atoms with Crippen LogP contribution in [0.25, 0.3) is 0 Å². The van der Waals surface area contributed by atoms with Gasteiger partial charge in [-0.1, -0.05) is 56.1 Å². The SMILES string of the molecule is BrCCCc1cccc(CCBr)c1. The summed E-state index contributed by atoms with van der Waals surface area (Å²) in [6.45, 7) is 0. The van der Waals surface area contributed by atoms with Crippen molar-refractivity contribution < 1.29 is 0 Å². The molecule has 0 unspecified atom stereocenters. The van der Waals surface area contributed by atoms with E-state index in [1.165, 1.54) is 24.0 Å². The molecule has 2 heteroatoms. The van der Waals surface area contributed by atoms with E-state index in [0.717, 1.165) is 17.1 Å². The van der Waals surface area contributed by atoms with Crippen LogP contribution < -0.4 is 0 Å². The van der Waals surface area contributed by atoms with Gasteiger partial charge in [0.1, 0.15) is 0 Å². The van der Waals surface area contributed by atoms with E-state index in [9.17, 15) is 0 Å². The van der Waals surface area contributed by atoms with Crippen LogP contribution in [0.1, 0.15) is 17.5 Å². The molecule has 0 atom stereocenters. The summed E-state index contributed by atoms with van der Waals surface area (Å²) in [4.78, 5) is 0. The summed E-state index contributed by atoms with van der Waals surface area (Å²) < 4.78 is 0. The Kier molecular flexibility index (Phi) is 5.72. The highest BCUT2D eigenvalue weighted by Crippen LogP contribution is 2.09. The molecule has 0 radical (unpaired) electrons. The van der Waals surface area contributed by atoms with Crippen molar-refractivity contribution in [1.82, 2.24) is 0 Å². The van der Waals surface area contributed by atoms with Crippen LogP contribution in [0.3, 0.4) is 0 Å². The molecule has 0 aliphatic rings. The van der Waals surface area contributed by atoms with Crippen LogP contribution in [0.15, 0.2) is 24.3 Å². The summed E-state index contributed by atoms with van der Waals surface area (Å²) >= 11 is 6.90. The van der Waals surface area contributed by atoms with E-state index in [2.05, 4.69) is 56.1 Å². The predicted molar refractivity (Wildman–Crippen MR) is 66.1 cm³/mol. The summed E-state index contributed by atoms with van der Waals surface area (Å²) in [5, 5.41) is 2.14. The summed E-state index contributed by atoms with van der Waals surface area (Å²) in [6.07, 6.45) is 3.53. The minimum absolute atomic E-state index is 1.05. The van der Waals surface area contributed by atoms with Crippen molar-refractivity contribution in [2.75, 3.05) is 10.7 Å². The molecule has 0 aromatic heterocycles. The van der Waals surface area contributed by atoms with E-state index in [0.29, 0.717) is 0 Å². The Balaban J connectivity index is 2.56. The first-order chi connectivity index (χ1) is 6.36. The fourth-order valence-electron chi connectivity index (χ4n) is 1.32. The molecular weight excluding hydrogens is 292 g/mol. The van der Waals surface area contributed by atoms with Crippen molar-refractivity contribution in [2.45, 2.75) is 19.3 Å². The molecule has 0 bridgehead atoms. The first-order valence-electron chi connectivity index (χ1n) is 4.56. The van der Waals surface area contributed by atoms with Gasteiger partial charge in [0, 0.05) is 10.7 Å². The second kappa shape index (κ2) is 6.61. The number of hydrogen-bond acceptors (Lipinski definition) is 0. The summed E-state index contributed by atoms with van der Waals surface area (Å²) in [6, 6.07) is 8.87. The molecule has 0 saturated heterocycles. The summed E-state index contributed by atoms with van der Waals surface area (Å²) in [5.41, 5.74) is 2.89. The maximum Gasteiger partial charge on any atom is 0.00718 e. The largest absolute Gasteiger partial charge is 0.0928 e. The quantitative estimate of drug-likeness (QED) is 0.723. The van der Waals surface area contributed by atoms with Gasteiger partial charge in [0.2, 0.25) is 0 Å². The summed E-state index contributed by atoms with van der Waals surface area (Å²) in [7, 11) is 0. The predicted octanol–water partition coefficient (Wildman–Crippen LogP) is 3.95. The Hall–Kier alpha value is 0.180. The maximum atomic E-state index is 3.46. The molecule has 1 aromatic carbocycles. The van der Waals surface area contributed by atoms with Crippen molar-refractivity contribution in [1.29, 1.82) is 0 Å². The number of alkyl halides is 2. The molecule has 1 rings (SSSR count). The highest BCUT2D eigenvalue weighted by atomic mass is 79.9. The fraction of sp³-hybridized carbons (Fsp3) is 0.455. The van der Waals surface area contributed by atoms with Crippen molar-refractivity contribution in [2.24, 2.45) is 0 Å². The molecule has 0 fully saturated rings. The highest BCUT2D eigenvalue weighted by molar-refractivity contribution is 9.09. The van der Waals surface area contributed by atoms with Gasteiger partial charge >= 0.3 is 0 Å². The first-order valence-corrected chi connectivity index (χ1v) is 6.81. The average Bonchev–Trinajstić information content (AvgIpc) is 2.16. The van der Waals surface area contributed by atoms with E-state index in [1.54, 1.807) is 0 Å². The van der Waals surface area contributed by atoms with Gasteiger partial charge in [0.25, 0.3) is 0 Å². The van der Waals surface area contributed by atoms with E-state index in [-0.39, 0.29) is 0 Å². The molecule has 0 N–H and O–H groups in total. The molecule has 0 spiro atoms. The van der Waals surface area contributed by atoms with Gasteiger partial charge < -0.3 is 0 Å². The molecule has 0 heterocycles. The Labute approximate surface area is 97.0 Å². The van der Waals surface area contributed by atoms with Gasteiger partial charge in [-0.25, -0.2) is 0 Å². The summed E-state index contributed by atoms with van der Waals surface area (Å²) in [5.74, 6) is 0. The first kappa shape index (κ1) is 11.3. The normalized spacial score (nSPS) is 10.3. The van der Waals surface area contributed by atoms with Crippen LogP contribution in [0.2, 0.25) is 0 Å². The van der Waals surface area contributed by atoms with Crippen LogP contribution in [-0.2, 0) is 12.8 Å². The number of aryl methyl sites for hydroxylation is 2. The second-order valence-electron chi connectivity index (χ2n) is 3.05. The molecule has 1 aromatic rings. The average molecular weight is 306 g/mol. The van der Waals surface area contributed by atoms with Crippen LogP contribution in [0, 0.1) is 0 Å². The minimum Gasteiger partial charge on any atom is -0.0928 e. The number of halogens is 2. The van der Waals surface area contributed by atoms with Gasteiger partial charge in [-0.2, -0.15) is 0 Å². The lowest BCUT2D eigenvalue weighted by Gasteiger charge is -2.02. The lowest BCUT2D eigenvalue weighted by molar-refractivity contribution is 0.935. The number of hydrogen-bond donors (Lipinski definition) is 0. The smallest absolute Gasteiger partial charge is 0.00718 e. The van der Waals surface area contributed by atoms with Crippen LogP contribution in [0.4, 0.5) is 0 Å². The molecule has 0 aliphatic heterocycles. The molecule has 0 saturated carbocycles. The molecule has 0 aliphatic carbocycles. The van der Waals surface area contributed by atoms with Crippen molar-refractivity contribution in [3.05, 3.63) is 35.4 Å². The van der Waals surface area contributed by atoms with E-state index in [4.69, 9.17) is 0 Å². The fourth-order valence-corrected chi connectivity index (χ4v) is 2.06. The van der Waals surface area contributed by atoms with E-state index >= 15 is 0 Å². The standard InChI is InChI=1S/C11H14Br2/c12-7-2-5-10-3-1-4-11(9-10)6-8-13/h1,3-4,9H,2,5-8H2. The molecule has 13 heavy (non-hydrogen) atoms. The van der Waals surface area contributed by atoms with Crippen LogP contribution in [0.5, 0.6) is 0 Å².